The lowest BCUT2D eigenvalue weighted by Gasteiger charge is -2.22. The SMILES string of the molecule is CCN(CC)C(=O)c1ccc(CNC(=O)C2(N)CCCC2)cc1. The zero-order chi connectivity index (χ0) is 16.9. The summed E-state index contributed by atoms with van der Waals surface area (Å²) in [5.41, 5.74) is 7.08. The van der Waals surface area contributed by atoms with Crippen molar-refractivity contribution in [2.45, 2.75) is 51.6 Å². The highest BCUT2D eigenvalue weighted by Gasteiger charge is 2.36. The minimum absolute atomic E-state index is 0.0393. The van der Waals surface area contributed by atoms with E-state index in [0.29, 0.717) is 25.2 Å². The van der Waals surface area contributed by atoms with Crippen molar-refractivity contribution in [3.63, 3.8) is 0 Å². The average molecular weight is 317 g/mol. The van der Waals surface area contributed by atoms with Gasteiger partial charge in [-0.15, -0.1) is 0 Å². The predicted molar refractivity (Wildman–Crippen MR) is 90.9 cm³/mol. The molecule has 2 rings (SSSR count). The second-order valence-electron chi connectivity index (χ2n) is 6.22. The Balaban J connectivity index is 1.92. The topological polar surface area (TPSA) is 75.4 Å². The number of amides is 2. The fourth-order valence-electron chi connectivity index (χ4n) is 3.05. The number of nitrogens with one attached hydrogen (secondary N) is 1. The summed E-state index contributed by atoms with van der Waals surface area (Å²) in [6.07, 6.45) is 3.56. The van der Waals surface area contributed by atoms with Crippen LogP contribution in [0.3, 0.4) is 0 Å². The number of rotatable bonds is 6. The minimum Gasteiger partial charge on any atom is -0.350 e. The molecule has 0 heterocycles. The van der Waals surface area contributed by atoms with E-state index in [-0.39, 0.29) is 11.8 Å². The molecule has 0 spiro atoms. The highest BCUT2D eigenvalue weighted by atomic mass is 16.2. The Morgan fingerprint density at radius 1 is 1.13 bits per heavy atom. The first-order valence-corrected chi connectivity index (χ1v) is 8.45. The van der Waals surface area contributed by atoms with E-state index in [1.54, 1.807) is 4.90 Å². The Morgan fingerprint density at radius 3 is 2.22 bits per heavy atom. The van der Waals surface area contributed by atoms with Crippen molar-refractivity contribution >= 4 is 11.8 Å². The van der Waals surface area contributed by atoms with Crippen LogP contribution in [0.2, 0.25) is 0 Å². The molecule has 5 heteroatoms. The van der Waals surface area contributed by atoms with Crippen LogP contribution in [-0.4, -0.2) is 35.3 Å². The number of benzene rings is 1. The maximum absolute atomic E-state index is 12.2. The third-order valence-electron chi connectivity index (χ3n) is 4.65. The van der Waals surface area contributed by atoms with Gasteiger partial charge >= 0.3 is 0 Å². The van der Waals surface area contributed by atoms with Gasteiger partial charge in [0, 0.05) is 25.2 Å². The van der Waals surface area contributed by atoms with Crippen LogP contribution in [0.1, 0.15) is 55.5 Å². The Bertz CT molecular complexity index is 544. The van der Waals surface area contributed by atoms with Gasteiger partial charge in [0.15, 0.2) is 0 Å². The number of hydrogen-bond donors (Lipinski definition) is 2. The van der Waals surface area contributed by atoms with E-state index in [1.165, 1.54) is 0 Å². The van der Waals surface area contributed by atoms with Crippen LogP contribution in [0, 0.1) is 0 Å². The van der Waals surface area contributed by atoms with Crippen molar-refractivity contribution in [3.8, 4) is 0 Å². The summed E-state index contributed by atoms with van der Waals surface area (Å²) in [4.78, 5) is 26.2. The summed E-state index contributed by atoms with van der Waals surface area (Å²) in [5, 5.41) is 2.92. The van der Waals surface area contributed by atoms with Crippen molar-refractivity contribution in [3.05, 3.63) is 35.4 Å². The van der Waals surface area contributed by atoms with E-state index < -0.39 is 5.54 Å². The van der Waals surface area contributed by atoms with Gasteiger partial charge in [0.05, 0.1) is 5.54 Å². The molecular formula is C18H27N3O2. The van der Waals surface area contributed by atoms with Crippen LogP contribution in [0.15, 0.2) is 24.3 Å². The molecule has 2 amide bonds. The number of nitrogens with zero attached hydrogens (tertiary/aromatic N) is 1. The molecule has 23 heavy (non-hydrogen) atoms. The summed E-state index contributed by atoms with van der Waals surface area (Å²) in [6.45, 7) is 5.78. The number of nitrogens with two attached hydrogens (primary N) is 1. The second kappa shape index (κ2) is 7.59. The quantitative estimate of drug-likeness (QED) is 0.843. The molecule has 1 saturated carbocycles. The van der Waals surface area contributed by atoms with Crippen LogP contribution in [0.5, 0.6) is 0 Å². The zero-order valence-corrected chi connectivity index (χ0v) is 14.1. The zero-order valence-electron chi connectivity index (χ0n) is 14.1. The smallest absolute Gasteiger partial charge is 0.253 e. The molecule has 3 N–H and O–H groups in total. The van der Waals surface area contributed by atoms with Gasteiger partial charge in [-0.2, -0.15) is 0 Å². The highest BCUT2D eigenvalue weighted by molar-refractivity contribution is 5.94. The third-order valence-corrected chi connectivity index (χ3v) is 4.65. The molecule has 0 aliphatic heterocycles. The van der Waals surface area contributed by atoms with E-state index >= 15 is 0 Å². The van der Waals surface area contributed by atoms with Gasteiger partial charge in [-0.3, -0.25) is 9.59 Å². The van der Waals surface area contributed by atoms with Gasteiger partial charge in [0.1, 0.15) is 0 Å². The Hall–Kier alpha value is -1.88. The molecule has 1 aliphatic carbocycles. The fourth-order valence-corrected chi connectivity index (χ4v) is 3.05. The van der Waals surface area contributed by atoms with Crippen molar-refractivity contribution in [2.24, 2.45) is 5.73 Å². The largest absolute Gasteiger partial charge is 0.350 e. The first-order chi connectivity index (χ1) is 11.0. The molecular weight excluding hydrogens is 290 g/mol. The predicted octanol–water partition coefficient (Wildman–Crippen LogP) is 2.06. The van der Waals surface area contributed by atoms with Crippen molar-refractivity contribution in [1.29, 1.82) is 0 Å². The molecule has 1 aromatic carbocycles. The van der Waals surface area contributed by atoms with Gasteiger partial charge in [-0.05, 0) is 44.4 Å². The van der Waals surface area contributed by atoms with Gasteiger partial charge in [-0.25, -0.2) is 0 Å². The van der Waals surface area contributed by atoms with E-state index in [4.69, 9.17) is 5.73 Å². The molecule has 0 unspecified atom stereocenters. The van der Waals surface area contributed by atoms with Crippen molar-refractivity contribution in [2.75, 3.05) is 13.1 Å². The number of carbonyl (C=O) groups is 2. The molecule has 0 aromatic heterocycles. The number of hydrogen-bond acceptors (Lipinski definition) is 3. The molecule has 126 valence electrons. The lowest BCUT2D eigenvalue weighted by Crippen LogP contribution is -2.51. The van der Waals surface area contributed by atoms with Crippen LogP contribution in [-0.2, 0) is 11.3 Å². The average Bonchev–Trinajstić information content (AvgIpc) is 3.02. The van der Waals surface area contributed by atoms with Crippen molar-refractivity contribution < 1.29 is 9.59 Å². The van der Waals surface area contributed by atoms with Crippen molar-refractivity contribution in [1.82, 2.24) is 10.2 Å². The molecule has 5 nitrogen and oxygen atoms in total. The molecule has 0 radical (unpaired) electrons. The first-order valence-electron chi connectivity index (χ1n) is 8.45. The van der Waals surface area contributed by atoms with E-state index in [9.17, 15) is 9.59 Å². The minimum atomic E-state index is -0.696. The Morgan fingerprint density at radius 2 is 1.70 bits per heavy atom. The first kappa shape index (κ1) is 17.5. The van der Waals surface area contributed by atoms with Crippen LogP contribution < -0.4 is 11.1 Å². The van der Waals surface area contributed by atoms with Crippen LogP contribution in [0.25, 0.3) is 0 Å². The summed E-state index contributed by atoms with van der Waals surface area (Å²) >= 11 is 0. The van der Waals surface area contributed by atoms with Crippen LogP contribution >= 0.6 is 0 Å². The molecule has 0 bridgehead atoms. The Kier molecular flexibility index (Phi) is 5.77. The van der Waals surface area contributed by atoms with E-state index in [1.807, 2.05) is 38.1 Å². The number of carbonyl (C=O) groups excluding carboxylic acids is 2. The normalized spacial score (nSPS) is 16.1. The fraction of sp³-hybridized carbons (Fsp3) is 0.556. The van der Waals surface area contributed by atoms with E-state index in [0.717, 1.165) is 31.2 Å². The highest BCUT2D eigenvalue weighted by Crippen LogP contribution is 2.27. The van der Waals surface area contributed by atoms with E-state index in [2.05, 4.69) is 5.32 Å². The summed E-state index contributed by atoms with van der Waals surface area (Å²) in [6, 6.07) is 7.40. The summed E-state index contributed by atoms with van der Waals surface area (Å²) in [5.74, 6) is -0.0317. The summed E-state index contributed by atoms with van der Waals surface area (Å²) < 4.78 is 0. The van der Waals surface area contributed by atoms with Gasteiger partial charge < -0.3 is 16.0 Å². The van der Waals surface area contributed by atoms with Gasteiger partial charge in [0.25, 0.3) is 5.91 Å². The monoisotopic (exact) mass is 317 g/mol. The molecule has 0 saturated heterocycles. The lowest BCUT2D eigenvalue weighted by molar-refractivity contribution is -0.126. The van der Waals surface area contributed by atoms with Gasteiger partial charge in [-0.1, -0.05) is 25.0 Å². The molecule has 1 aliphatic rings. The lowest BCUT2D eigenvalue weighted by atomic mass is 9.98. The Labute approximate surface area is 138 Å². The summed E-state index contributed by atoms with van der Waals surface area (Å²) in [7, 11) is 0. The second-order valence-corrected chi connectivity index (χ2v) is 6.22. The standard InChI is InChI=1S/C18H27N3O2/c1-3-21(4-2)16(22)15-9-7-14(8-10-15)13-20-17(23)18(19)11-5-6-12-18/h7-10H,3-6,11-13,19H2,1-2H3,(H,20,23). The van der Waals surface area contributed by atoms with Gasteiger partial charge in [0.2, 0.25) is 5.91 Å². The maximum Gasteiger partial charge on any atom is 0.253 e. The molecule has 1 fully saturated rings. The molecule has 1 aromatic rings. The third kappa shape index (κ3) is 4.10. The molecule has 0 atom stereocenters. The maximum atomic E-state index is 12.2. The van der Waals surface area contributed by atoms with Crippen LogP contribution in [0.4, 0.5) is 0 Å².